The van der Waals surface area contributed by atoms with Crippen LogP contribution in [0.4, 0.5) is 18.9 Å². The highest BCUT2D eigenvalue weighted by Gasteiger charge is 2.38. The van der Waals surface area contributed by atoms with Crippen LogP contribution in [0, 0.1) is 0 Å². The standard InChI is InChI=1S/C19H11F3N2O2/c20-19(21,22)18(25)23-12-8-9-15-16(10-12)26-17(24-15)14-7-3-5-11-4-1-2-6-13(11)14/h1-10H,(H,23,25). The van der Waals surface area contributed by atoms with E-state index in [1.54, 1.807) is 5.32 Å². The number of nitrogens with one attached hydrogen (secondary N) is 1. The number of alkyl halides is 3. The lowest BCUT2D eigenvalue weighted by Gasteiger charge is -2.07. The minimum atomic E-state index is -4.95. The molecule has 0 radical (unpaired) electrons. The highest BCUT2D eigenvalue weighted by molar-refractivity contribution is 5.97. The Morgan fingerprint density at radius 1 is 1.00 bits per heavy atom. The summed E-state index contributed by atoms with van der Waals surface area (Å²) < 4.78 is 42.9. The van der Waals surface area contributed by atoms with Gasteiger partial charge in [-0.1, -0.05) is 36.4 Å². The molecule has 4 rings (SSSR count). The molecule has 26 heavy (non-hydrogen) atoms. The molecule has 1 heterocycles. The second kappa shape index (κ2) is 5.87. The highest BCUT2D eigenvalue weighted by atomic mass is 19.4. The van der Waals surface area contributed by atoms with E-state index in [0.29, 0.717) is 11.4 Å². The molecule has 0 saturated carbocycles. The van der Waals surface area contributed by atoms with Crippen LogP contribution in [0.15, 0.2) is 65.1 Å². The first-order chi connectivity index (χ1) is 12.4. The smallest absolute Gasteiger partial charge is 0.436 e. The largest absolute Gasteiger partial charge is 0.471 e. The van der Waals surface area contributed by atoms with Gasteiger partial charge in [0.25, 0.3) is 0 Å². The number of fused-ring (bicyclic) bond motifs is 2. The highest BCUT2D eigenvalue weighted by Crippen LogP contribution is 2.31. The molecule has 0 fully saturated rings. The monoisotopic (exact) mass is 356 g/mol. The average Bonchev–Trinajstić information content (AvgIpc) is 3.03. The number of benzene rings is 3. The molecule has 0 atom stereocenters. The predicted molar refractivity (Wildman–Crippen MR) is 91.6 cm³/mol. The molecule has 4 aromatic rings. The predicted octanol–water partition coefficient (Wildman–Crippen LogP) is 5.15. The van der Waals surface area contributed by atoms with Gasteiger partial charge in [0.1, 0.15) is 5.52 Å². The topological polar surface area (TPSA) is 55.1 Å². The zero-order valence-corrected chi connectivity index (χ0v) is 13.2. The fraction of sp³-hybridized carbons (Fsp3) is 0.0526. The summed E-state index contributed by atoms with van der Waals surface area (Å²) in [6.45, 7) is 0. The van der Waals surface area contributed by atoms with Crippen molar-refractivity contribution in [3.63, 3.8) is 0 Å². The third kappa shape index (κ3) is 2.88. The van der Waals surface area contributed by atoms with Crippen molar-refractivity contribution in [2.45, 2.75) is 6.18 Å². The fourth-order valence-corrected chi connectivity index (χ4v) is 2.73. The van der Waals surface area contributed by atoms with Gasteiger partial charge in [-0.25, -0.2) is 4.98 Å². The zero-order chi connectivity index (χ0) is 18.3. The summed E-state index contributed by atoms with van der Waals surface area (Å²) in [7, 11) is 0. The second-order valence-corrected chi connectivity index (χ2v) is 5.68. The maximum Gasteiger partial charge on any atom is 0.471 e. The number of oxazole rings is 1. The Morgan fingerprint density at radius 3 is 2.58 bits per heavy atom. The van der Waals surface area contributed by atoms with Crippen molar-refractivity contribution in [3.8, 4) is 11.5 Å². The number of rotatable bonds is 2. The van der Waals surface area contributed by atoms with E-state index in [4.69, 9.17) is 4.42 Å². The van der Waals surface area contributed by atoms with Gasteiger partial charge >= 0.3 is 12.1 Å². The molecule has 1 aromatic heterocycles. The normalized spacial score (nSPS) is 11.8. The average molecular weight is 356 g/mol. The molecule has 130 valence electrons. The molecule has 3 aromatic carbocycles. The van der Waals surface area contributed by atoms with Crippen LogP contribution in [-0.2, 0) is 4.79 Å². The van der Waals surface area contributed by atoms with Gasteiger partial charge in [-0.3, -0.25) is 4.79 Å². The van der Waals surface area contributed by atoms with E-state index in [0.717, 1.165) is 16.3 Å². The molecular weight excluding hydrogens is 345 g/mol. The first kappa shape index (κ1) is 16.1. The number of aromatic nitrogens is 1. The molecular formula is C19H11F3N2O2. The Morgan fingerprint density at radius 2 is 1.77 bits per heavy atom. The van der Waals surface area contributed by atoms with E-state index >= 15 is 0 Å². The number of hydrogen-bond acceptors (Lipinski definition) is 3. The quantitative estimate of drug-likeness (QED) is 0.540. The van der Waals surface area contributed by atoms with Crippen molar-refractivity contribution in [1.29, 1.82) is 0 Å². The Hall–Kier alpha value is -3.35. The number of amides is 1. The van der Waals surface area contributed by atoms with E-state index in [1.807, 2.05) is 42.5 Å². The molecule has 4 nitrogen and oxygen atoms in total. The maximum atomic E-state index is 12.4. The summed E-state index contributed by atoms with van der Waals surface area (Å²) in [6, 6.07) is 17.6. The SMILES string of the molecule is O=C(Nc1ccc2nc(-c3cccc4ccccc34)oc2c1)C(F)(F)F. The van der Waals surface area contributed by atoms with Crippen LogP contribution >= 0.6 is 0 Å². The van der Waals surface area contributed by atoms with Gasteiger partial charge < -0.3 is 9.73 Å². The summed E-state index contributed by atoms with van der Waals surface area (Å²) in [6.07, 6.45) is -4.95. The summed E-state index contributed by atoms with van der Waals surface area (Å²) in [4.78, 5) is 15.5. The van der Waals surface area contributed by atoms with Crippen molar-refractivity contribution < 1.29 is 22.4 Å². The van der Waals surface area contributed by atoms with Gasteiger partial charge in [0.15, 0.2) is 5.58 Å². The van der Waals surface area contributed by atoms with Crippen LogP contribution in [0.1, 0.15) is 0 Å². The summed E-state index contributed by atoms with van der Waals surface area (Å²) in [5.41, 5.74) is 1.53. The molecule has 1 N–H and O–H groups in total. The van der Waals surface area contributed by atoms with E-state index in [2.05, 4.69) is 4.98 Å². The fourth-order valence-electron chi connectivity index (χ4n) is 2.73. The van der Waals surface area contributed by atoms with Crippen molar-refractivity contribution in [2.24, 2.45) is 0 Å². The van der Waals surface area contributed by atoms with Crippen molar-refractivity contribution in [1.82, 2.24) is 4.98 Å². The number of hydrogen-bond donors (Lipinski definition) is 1. The van der Waals surface area contributed by atoms with Gasteiger partial charge in [-0.15, -0.1) is 0 Å². The third-order valence-corrected chi connectivity index (χ3v) is 3.92. The lowest BCUT2D eigenvalue weighted by Crippen LogP contribution is -2.29. The first-order valence-electron chi connectivity index (χ1n) is 7.69. The minimum absolute atomic E-state index is 0.0135. The maximum absolute atomic E-state index is 12.4. The lowest BCUT2D eigenvalue weighted by atomic mass is 10.0. The molecule has 0 aliphatic carbocycles. The van der Waals surface area contributed by atoms with E-state index in [9.17, 15) is 18.0 Å². The number of nitrogens with zero attached hydrogens (tertiary/aromatic N) is 1. The van der Waals surface area contributed by atoms with Crippen LogP contribution < -0.4 is 5.32 Å². The lowest BCUT2D eigenvalue weighted by molar-refractivity contribution is -0.167. The minimum Gasteiger partial charge on any atom is -0.436 e. The zero-order valence-electron chi connectivity index (χ0n) is 13.2. The molecule has 0 spiro atoms. The molecule has 7 heteroatoms. The van der Waals surface area contributed by atoms with Crippen LogP contribution in [0.5, 0.6) is 0 Å². The molecule has 0 saturated heterocycles. The third-order valence-electron chi connectivity index (χ3n) is 3.92. The van der Waals surface area contributed by atoms with Gasteiger partial charge in [0, 0.05) is 17.3 Å². The molecule has 0 bridgehead atoms. The summed E-state index contributed by atoms with van der Waals surface area (Å²) in [5.74, 6) is -1.68. The number of carbonyl (C=O) groups excluding carboxylic acids is 1. The van der Waals surface area contributed by atoms with Gasteiger partial charge in [0.05, 0.1) is 0 Å². The molecule has 1 amide bonds. The van der Waals surface area contributed by atoms with Crippen molar-refractivity contribution in [3.05, 3.63) is 60.7 Å². The van der Waals surface area contributed by atoms with E-state index < -0.39 is 12.1 Å². The molecule has 0 aliphatic rings. The van der Waals surface area contributed by atoms with E-state index in [1.165, 1.54) is 18.2 Å². The van der Waals surface area contributed by atoms with Crippen LogP contribution in [0.3, 0.4) is 0 Å². The van der Waals surface area contributed by atoms with Crippen LogP contribution in [0.25, 0.3) is 33.3 Å². The van der Waals surface area contributed by atoms with Crippen molar-refractivity contribution >= 4 is 33.5 Å². The van der Waals surface area contributed by atoms with Crippen LogP contribution in [-0.4, -0.2) is 17.1 Å². The molecule has 0 aliphatic heterocycles. The molecule has 0 unspecified atom stereocenters. The van der Waals surface area contributed by atoms with Gasteiger partial charge in [-0.2, -0.15) is 13.2 Å². The Balaban J connectivity index is 1.75. The Bertz CT molecular complexity index is 1130. The first-order valence-corrected chi connectivity index (χ1v) is 7.69. The second-order valence-electron chi connectivity index (χ2n) is 5.68. The summed E-state index contributed by atoms with van der Waals surface area (Å²) in [5, 5.41) is 3.77. The Kier molecular flexibility index (Phi) is 3.64. The van der Waals surface area contributed by atoms with E-state index in [-0.39, 0.29) is 11.3 Å². The number of carbonyl (C=O) groups is 1. The van der Waals surface area contributed by atoms with Crippen LogP contribution in [0.2, 0.25) is 0 Å². The number of halogens is 3. The summed E-state index contributed by atoms with van der Waals surface area (Å²) >= 11 is 0. The van der Waals surface area contributed by atoms with Gasteiger partial charge in [-0.05, 0) is 29.0 Å². The number of anilines is 1. The Labute approximate surface area is 145 Å². The van der Waals surface area contributed by atoms with Crippen molar-refractivity contribution in [2.75, 3.05) is 5.32 Å². The van der Waals surface area contributed by atoms with Gasteiger partial charge in [0.2, 0.25) is 5.89 Å².